The molecule has 0 aromatic heterocycles. The first-order chi connectivity index (χ1) is 14.0. The first kappa shape index (κ1) is 19.3. The van der Waals surface area contributed by atoms with Crippen molar-refractivity contribution >= 4 is 29.2 Å². The van der Waals surface area contributed by atoms with Gasteiger partial charge < -0.3 is 24.8 Å². The van der Waals surface area contributed by atoms with Gasteiger partial charge in [-0.15, -0.1) is 0 Å². The number of carbonyl (C=O) groups excluding carboxylic acids is 3. The summed E-state index contributed by atoms with van der Waals surface area (Å²) in [4.78, 5) is 38.4. The molecule has 9 heteroatoms. The SMILES string of the molecule is CC(=O)NC[C@@H]1OC(=O)N2c3ccc(C4=CCN(C(=O)CO)CC4)cc3OC[C@@H]12. The first-order valence-electron chi connectivity index (χ1n) is 9.57. The molecule has 0 aliphatic carbocycles. The van der Waals surface area contributed by atoms with Gasteiger partial charge in [0.15, 0.2) is 0 Å². The maximum absolute atomic E-state index is 12.4. The summed E-state index contributed by atoms with van der Waals surface area (Å²) >= 11 is 0. The third kappa shape index (κ3) is 3.65. The maximum Gasteiger partial charge on any atom is 0.415 e. The summed E-state index contributed by atoms with van der Waals surface area (Å²) in [6.07, 6.45) is 1.74. The van der Waals surface area contributed by atoms with Crippen molar-refractivity contribution < 1.29 is 29.0 Å². The van der Waals surface area contributed by atoms with E-state index in [1.54, 1.807) is 9.80 Å². The van der Waals surface area contributed by atoms with Crippen molar-refractivity contribution in [2.75, 3.05) is 37.7 Å². The third-order valence-corrected chi connectivity index (χ3v) is 5.46. The molecule has 0 saturated carbocycles. The van der Waals surface area contributed by atoms with Crippen molar-refractivity contribution in [3.63, 3.8) is 0 Å². The highest BCUT2D eigenvalue weighted by atomic mass is 16.6. The van der Waals surface area contributed by atoms with E-state index in [1.165, 1.54) is 6.92 Å². The van der Waals surface area contributed by atoms with Crippen LogP contribution in [0.5, 0.6) is 5.75 Å². The minimum atomic E-state index is -0.480. The average molecular weight is 401 g/mol. The zero-order valence-corrected chi connectivity index (χ0v) is 16.1. The molecular weight excluding hydrogens is 378 g/mol. The lowest BCUT2D eigenvalue weighted by molar-refractivity contribution is -0.133. The van der Waals surface area contributed by atoms with E-state index >= 15 is 0 Å². The summed E-state index contributed by atoms with van der Waals surface area (Å²) in [6.45, 7) is 2.47. The maximum atomic E-state index is 12.4. The Labute approximate surface area is 167 Å². The number of rotatable bonds is 4. The molecule has 3 aliphatic rings. The highest BCUT2D eigenvalue weighted by molar-refractivity contribution is 5.94. The number of hydrogen-bond acceptors (Lipinski definition) is 6. The molecule has 1 aromatic carbocycles. The molecule has 154 valence electrons. The lowest BCUT2D eigenvalue weighted by Gasteiger charge is -2.32. The van der Waals surface area contributed by atoms with E-state index in [9.17, 15) is 14.4 Å². The smallest absolute Gasteiger partial charge is 0.415 e. The number of fused-ring (bicyclic) bond motifs is 3. The Morgan fingerprint density at radius 3 is 2.86 bits per heavy atom. The Kier molecular flexibility index (Phi) is 5.14. The number of carbonyl (C=O) groups is 3. The Balaban J connectivity index is 1.51. The number of nitrogens with zero attached hydrogens (tertiary/aromatic N) is 2. The molecule has 4 rings (SSSR count). The van der Waals surface area contributed by atoms with Crippen molar-refractivity contribution in [1.82, 2.24) is 10.2 Å². The highest BCUT2D eigenvalue weighted by Crippen LogP contribution is 2.40. The molecule has 2 N–H and O–H groups in total. The molecule has 3 heterocycles. The van der Waals surface area contributed by atoms with Crippen LogP contribution in [0.4, 0.5) is 10.5 Å². The van der Waals surface area contributed by atoms with Gasteiger partial charge in [0.2, 0.25) is 11.8 Å². The Hall–Kier alpha value is -3.07. The second kappa shape index (κ2) is 7.75. The van der Waals surface area contributed by atoms with Crippen LogP contribution in [0, 0.1) is 0 Å². The molecule has 29 heavy (non-hydrogen) atoms. The fourth-order valence-corrected chi connectivity index (χ4v) is 3.91. The van der Waals surface area contributed by atoms with Gasteiger partial charge in [-0.2, -0.15) is 0 Å². The molecular formula is C20H23N3O6. The normalized spacial score (nSPS) is 22.8. The number of nitrogens with one attached hydrogen (secondary N) is 1. The van der Waals surface area contributed by atoms with Gasteiger partial charge in [-0.25, -0.2) is 4.79 Å². The number of amides is 3. The topological polar surface area (TPSA) is 108 Å². The second-order valence-electron chi connectivity index (χ2n) is 7.27. The van der Waals surface area contributed by atoms with E-state index in [0.29, 0.717) is 30.9 Å². The molecule has 1 fully saturated rings. The van der Waals surface area contributed by atoms with Gasteiger partial charge in [-0.05, 0) is 29.7 Å². The number of benzene rings is 1. The zero-order chi connectivity index (χ0) is 20.5. The van der Waals surface area contributed by atoms with E-state index in [0.717, 1.165) is 11.1 Å². The molecule has 2 atom stereocenters. The fraction of sp³-hybridized carbons (Fsp3) is 0.450. The van der Waals surface area contributed by atoms with E-state index in [1.807, 2.05) is 24.3 Å². The van der Waals surface area contributed by atoms with Crippen molar-refractivity contribution in [3.8, 4) is 5.75 Å². The van der Waals surface area contributed by atoms with Gasteiger partial charge in [0.1, 0.15) is 31.1 Å². The fourth-order valence-electron chi connectivity index (χ4n) is 3.91. The number of ether oxygens (including phenoxy) is 2. The van der Waals surface area contributed by atoms with Crippen LogP contribution in [0.15, 0.2) is 24.3 Å². The standard InChI is InChI=1S/C20H23N3O6/c1-12(25)21-9-18-16-11-28-17-8-14(2-3-15(17)23(16)20(27)29-18)13-4-6-22(7-5-13)19(26)10-24/h2-4,8,16,18,24H,5-7,9-11H2,1H3,(H,21,25)/t16-,18-/m0/s1. The number of aliphatic hydroxyl groups is 1. The summed E-state index contributed by atoms with van der Waals surface area (Å²) in [5.74, 6) is 0.147. The molecule has 0 radical (unpaired) electrons. The van der Waals surface area contributed by atoms with Gasteiger partial charge in [0, 0.05) is 20.0 Å². The zero-order valence-electron chi connectivity index (χ0n) is 16.1. The quantitative estimate of drug-likeness (QED) is 0.761. The minimum Gasteiger partial charge on any atom is -0.489 e. The largest absolute Gasteiger partial charge is 0.489 e. The lowest BCUT2D eigenvalue weighted by Crippen LogP contribution is -2.47. The van der Waals surface area contributed by atoms with Gasteiger partial charge in [-0.3, -0.25) is 14.5 Å². The summed E-state index contributed by atoms with van der Waals surface area (Å²) < 4.78 is 11.3. The molecule has 0 unspecified atom stereocenters. The summed E-state index contributed by atoms with van der Waals surface area (Å²) in [5, 5.41) is 11.7. The van der Waals surface area contributed by atoms with Crippen molar-refractivity contribution in [3.05, 3.63) is 29.8 Å². The summed E-state index contributed by atoms with van der Waals surface area (Å²) in [7, 11) is 0. The van der Waals surface area contributed by atoms with Crippen LogP contribution in [0.1, 0.15) is 18.9 Å². The monoisotopic (exact) mass is 401 g/mol. The Bertz CT molecular complexity index is 883. The van der Waals surface area contributed by atoms with Gasteiger partial charge in [0.05, 0.1) is 12.2 Å². The molecule has 0 bridgehead atoms. The molecule has 1 saturated heterocycles. The van der Waals surface area contributed by atoms with Crippen molar-refractivity contribution in [1.29, 1.82) is 0 Å². The second-order valence-corrected chi connectivity index (χ2v) is 7.27. The predicted molar refractivity (Wildman–Crippen MR) is 103 cm³/mol. The minimum absolute atomic E-state index is 0.179. The molecule has 3 aliphatic heterocycles. The lowest BCUT2D eigenvalue weighted by atomic mass is 9.98. The molecule has 3 amide bonds. The third-order valence-electron chi connectivity index (χ3n) is 5.46. The summed E-state index contributed by atoms with van der Waals surface area (Å²) in [6, 6.07) is 5.37. The van der Waals surface area contributed by atoms with Gasteiger partial charge in [0.25, 0.3) is 0 Å². The number of cyclic esters (lactones) is 1. The van der Waals surface area contributed by atoms with Gasteiger partial charge >= 0.3 is 6.09 Å². The van der Waals surface area contributed by atoms with Crippen molar-refractivity contribution in [2.24, 2.45) is 0 Å². The van der Waals surface area contributed by atoms with E-state index in [2.05, 4.69) is 5.32 Å². The van der Waals surface area contributed by atoms with Crippen LogP contribution >= 0.6 is 0 Å². The van der Waals surface area contributed by atoms with Crippen molar-refractivity contribution in [2.45, 2.75) is 25.5 Å². The summed E-state index contributed by atoms with van der Waals surface area (Å²) in [5.41, 5.74) is 2.71. The molecule has 0 spiro atoms. The Morgan fingerprint density at radius 2 is 2.17 bits per heavy atom. The number of anilines is 1. The van der Waals surface area contributed by atoms with Crippen LogP contribution in [-0.2, 0) is 14.3 Å². The van der Waals surface area contributed by atoms with E-state index in [4.69, 9.17) is 14.6 Å². The van der Waals surface area contributed by atoms with Crippen LogP contribution in [-0.4, -0.2) is 72.9 Å². The predicted octanol–water partition coefficient (Wildman–Crippen LogP) is 0.517. The van der Waals surface area contributed by atoms with Crippen LogP contribution in [0.3, 0.4) is 0 Å². The van der Waals surface area contributed by atoms with E-state index < -0.39 is 18.8 Å². The Morgan fingerprint density at radius 1 is 1.34 bits per heavy atom. The van der Waals surface area contributed by atoms with Gasteiger partial charge in [-0.1, -0.05) is 12.1 Å². The molecule has 1 aromatic rings. The van der Waals surface area contributed by atoms with Crippen LogP contribution in [0.25, 0.3) is 5.57 Å². The van der Waals surface area contributed by atoms with Crippen LogP contribution < -0.4 is 15.0 Å². The molecule has 9 nitrogen and oxygen atoms in total. The highest BCUT2D eigenvalue weighted by Gasteiger charge is 2.46. The number of hydrogen-bond donors (Lipinski definition) is 2. The van der Waals surface area contributed by atoms with E-state index in [-0.39, 0.29) is 31.0 Å². The average Bonchev–Trinajstić information content (AvgIpc) is 3.07. The van der Waals surface area contributed by atoms with Crippen LogP contribution in [0.2, 0.25) is 0 Å². The number of aliphatic hydroxyl groups excluding tert-OH is 1. The first-order valence-corrected chi connectivity index (χ1v) is 9.57.